The fourth-order valence-corrected chi connectivity index (χ4v) is 5.39. The van der Waals surface area contributed by atoms with Gasteiger partial charge in [-0.15, -0.1) is 36.2 Å². The van der Waals surface area contributed by atoms with Gasteiger partial charge < -0.3 is 20.3 Å². The van der Waals surface area contributed by atoms with Crippen LogP contribution in [0.5, 0.6) is 5.75 Å². The summed E-state index contributed by atoms with van der Waals surface area (Å²) in [6, 6.07) is 15.3. The van der Waals surface area contributed by atoms with Gasteiger partial charge in [-0.2, -0.15) is 0 Å². The lowest BCUT2D eigenvalue weighted by molar-refractivity contribution is 0.268. The number of anilines is 1. The average molecular weight is 506 g/mol. The van der Waals surface area contributed by atoms with Crippen molar-refractivity contribution in [1.29, 1.82) is 0 Å². The number of fused-ring (bicyclic) bond motifs is 2. The second-order valence-corrected chi connectivity index (χ2v) is 9.42. The summed E-state index contributed by atoms with van der Waals surface area (Å²) in [7, 11) is 1.72. The lowest BCUT2D eigenvalue weighted by atomic mass is 10.0. The highest BCUT2D eigenvalue weighted by molar-refractivity contribution is 7.16. The van der Waals surface area contributed by atoms with E-state index in [9.17, 15) is 0 Å². The summed E-state index contributed by atoms with van der Waals surface area (Å²) in [5, 5.41) is 10.7. The minimum atomic E-state index is 0. The molecule has 2 aromatic heterocycles. The molecule has 0 bridgehead atoms. The number of hydrogen-bond donors (Lipinski definition) is 2. The zero-order valence-corrected chi connectivity index (χ0v) is 21.3. The number of halogens is 2. The monoisotopic (exact) mass is 504 g/mol. The topological polar surface area (TPSA) is 49.4 Å². The summed E-state index contributed by atoms with van der Waals surface area (Å²) >= 11 is 1.81. The van der Waals surface area contributed by atoms with Crippen molar-refractivity contribution in [3.05, 3.63) is 75.2 Å². The van der Waals surface area contributed by atoms with E-state index in [1.165, 1.54) is 26.7 Å². The van der Waals surface area contributed by atoms with Gasteiger partial charge in [-0.05, 0) is 55.7 Å². The number of ether oxygens (including phenoxy) is 1. The first-order chi connectivity index (χ1) is 15.2. The average Bonchev–Trinajstić information content (AvgIpc) is 3.10. The predicted molar refractivity (Wildman–Crippen MR) is 142 cm³/mol. The van der Waals surface area contributed by atoms with E-state index in [-0.39, 0.29) is 24.8 Å². The molecule has 2 aliphatic heterocycles. The van der Waals surface area contributed by atoms with Crippen LogP contribution < -0.4 is 25.9 Å². The Labute approximate surface area is 211 Å². The van der Waals surface area contributed by atoms with E-state index >= 15 is 0 Å². The molecule has 5 nitrogen and oxygen atoms in total. The van der Waals surface area contributed by atoms with Crippen LogP contribution in [0.15, 0.2) is 48.7 Å². The Balaban J connectivity index is 0.00000153. The highest BCUT2D eigenvalue weighted by atomic mass is 35.5. The van der Waals surface area contributed by atoms with Crippen molar-refractivity contribution in [2.24, 2.45) is 0 Å². The maximum atomic E-state index is 5.38. The fourth-order valence-electron chi connectivity index (χ4n) is 4.51. The van der Waals surface area contributed by atoms with Crippen molar-refractivity contribution in [1.82, 2.24) is 15.2 Å². The normalized spacial score (nSPS) is 16.7. The first-order valence-electron chi connectivity index (χ1n) is 10.9. The molecule has 1 aromatic carbocycles. The van der Waals surface area contributed by atoms with Crippen molar-refractivity contribution in [2.75, 3.05) is 32.1 Å². The summed E-state index contributed by atoms with van der Waals surface area (Å²) in [6.45, 7) is 5.11. The van der Waals surface area contributed by atoms with Gasteiger partial charge in [0.15, 0.2) is 0 Å². The highest BCUT2D eigenvalue weighted by Gasteiger charge is 2.26. The van der Waals surface area contributed by atoms with E-state index in [1.54, 1.807) is 7.11 Å². The number of methoxy groups -OCH3 is 1. The van der Waals surface area contributed by atoms with Crippen LogP contribution in [0.25, 0.3) is 11.9 Å². The van der Waals surface area contributed by atoms with E-state index in [2.05, 4.69) is 59.0 Å². The van der Waals surface area contributed by atoms with Gasteiger partial charge in [0.25, 0.3) is 0 Å². The molecule has 5 rings (SSSR count). The summed E-state index contributed by atoms with van der Waals surface area (Å²) in [5.41, 5.74) is 3.84. The number of aromatic nitrogens is 1. The molecule has 4 heterocycles. The molecule has 3 aromatic rings. The second kappa shape index (κ2) is 11.3. The third-order valence-electron chi connectivity index (χ3n) is 6.02. The molecule has 2 aliphatic rings. The quantitative estimate of drug-likeness (QED) is 0.556. The second-order valence-electron chi connectivity index (χ2n) is 8.17. The Bertz CT molecular complexity index is 1210. The predicted octanol–water partition coefficient (Wildman–Crippen LogP) is 3.53. The number of thiophene rings is 1. The van der Waals surface area contributed by atoms with Crippen LogP contribution in [0, 0.1) is 6.92 Å². The van der Waals surface area contributed by atoms with Gasteiger partial charge >= 0.3 is 0 Å². The van der Waals surface area contributed by atoms with Gasteiger partial charge in [-0.1, -0.05) is 12.1 Å². The lowest BCUT2D eigenvalue weighted by Crippen LogP contribution is -2.51. The molecule has 0 saturated carbocycles. The van der Waals surface area contributed by atoms with Gasteiger partial charge in [0, 0.05) is 53.7 Å². The molecule has 33 heavy (non-hydrogen) atoms. The fraction of sp³-hybridized carbons (Fsp3) is 0.320. The Kier molecular flexibility index (Phi) is 8.65. The van der Waals surface area contributed by atoms with Crippen molar-refractivity contribution in [2.45, 2.75) is 25.8 Å². The number of benzene rings is 1. The van der Waals surface area contributed by atoms with E-state index < -0.39 is 0 Å². The number of piperazine rings is 1. The maximum absolute atomic E-state index is 5.38. The summed E-state index contributed by atoms with van der Waals surface area (Å²) in [4.78, 5) is 8.65. The summed E-state index contributed by atoms with van der Waals surface area (Å²) in [6.07, 6.45) is 6.11. The van der Waals surface area contributed by atoms with Crippen molar-refractivity contribution < 1.29 is 4.74 Å². The number of nitrogens with one attached hydrogen (secondary N) is 2. The molecule has 0 spiro atoms. The standard InChI is InChI=1S/C25H28N4OS.2ClH/c1-17-13-22-24(23-19(6-4-10-27-23)15-28-25(22)31-17)29-12-11-26-20(16-29)9-8-18-5-3-7-21(14-18)30-2;;/h3-7,10,13-15,20,26,28H,8-9,11-12,16H2,1-2H3;2*1H. The molecule has 176 valence electrons. The van der Waals surface area contributed by atoms with Gasteiger partial charge in [-0.25, -0.2) is 0 Å². The molecular weight excluding hydrogens is 475 g/mol. The number of pyridine rings is 1. The molecule has 8 heteroatoms. The van der Waals surface area contributed by atoms with Crippen LogP contribution in [0.3, 0.4) is 0 Å². The number of hydrogen-bond acceptors (Lipinski definition) is 6. The Morgan fingerprint density at radius 3 is 2.91 bits per heavy atom. The Morgan fingerprint density at radius 1 is 1.18 bits per heavy atom. The maximum Gasteiger partial charge on any atom is 0.119 e. The van der Waals surface area contributed by atoms with Crippen LogP contribution in [-0.2, 0) is 6.42 Å². The molecule has 0 aliphatic carbocycles. The molecule has 1 fully saturated rings. The van der Waals surface area contributed by atoms with Crippen LogP contribution in [0.1, 0.15) is 22.4 Å². The minimum Gasteiger partial charge on any atom is -0.497 e. The Hall–Kier alpha value is -2.25. The van der Waals surface area contributed by atoms with E-state index in [0.717, 1.165) is 48.8 Å². The minimum absolute atomic E-state index is 0. The van der Waals surface area contributed by atoms with Crippen LogP contribution >= 0.6 is 36.2 Å². The molecular formula is C25H30Cl2N4OS. The summed E-state index contributed by atoms with van der Waals surface area (Å²) < 4.78 is 5.38. The van der Waals surface area contributed by atoms with Gasteiger partial charge in [0.1, 0.15) is 10.8 Å². The largest absolute Gasteiger partial charge is 0.497 e. The zero-order valence-electron chi connectivity index (χ0n) is 18.8. The Morgan fingerprint density at radius 2 is 2.06 bits per heavy atom. The van der Waals surface area contributed by atoms with E-state index in [0.29, 0.717) is 6.04 Å². The van der Waals surface area contributed by atoms with Crippen LogP contribution in [0.4, 0.5) is 5.00 Å². The number of rotatable bonds is 5. The smallest absolute Gasteiger partial charge is 0.119 e. The van der Waals surface area contributed by atoms with Gasteiger partial charge in [-0.3, -0.25) is 4.98 Å². The van der Waals surface area contributed by atoms with Crippen molar-refractivity contribution in [3.8, 4) is 5.75 Å². The molecule has 0 amide bonds. The first-order valence-corrected chi connectivity index (χ1v) is 11.7. The number of nitrogens with zero attached hydrogens (tertiary/aromatic N) is 2. The third-order valence-corrected chi connectivity index (χ3v) is 7.00. The van der Waals surface area contributed by atoms with E-state index in [4.69, 9.17) is 9.72 Å². The van der Waals surface area contributed by atoms with Crippen molar-refractivity contribution in [3.63, 3.8) is 0 Å². The number of aryl methyl sites for hydroxylation is 2. The first kappa shape index (κ1) is 25.4. The highest BCUT2D eigenvalue weighted by Crippen LogP contribution is 2.34. The zero-order chi connectivity index (χ0) is 21.2. The summed E-state index contributed by atoms with van der Waals surface area (Å²) in [5.74, 6) is 0.927. The molecule has 2 N–H and O–H groups in total. The van der Waals surface area contributed by atoms with Crippen LogP contribution in [-0.4, -0.2) is 42.7 Å². The molecule has 1 unspecified atom stereocenters. The van der Waals surface area contributed by atoms with E-state index in [1.807, 2.05) is 29.7 Å². The molecule has 1 atom stereocenters. The van der Waals surface area contributed by atoms with Gasteiger partial charge in [0.2, 0.25) is 0 Å². The SMILES string of the molecule is COc1cccc(CCC2CN(C3=c4ncccc4=CNc4sc(C)cc43)CCN2)c1.Cl.Cl. The molecule has 1 saturated heterocycles. The van der Waals surface area contributed by atoms with Crippen molar-refractivity contribution >= 4 is 53.0 Å². The third kappa shape index (κ3) is 5.46. The molecule has 0 radical (unpaired) electrons. The van der Waals surface area contributed by atoms with Gasteiger partial charge in [0.05, 0.1) is 18.2 Å². The van der Waals surface area contributed by atoms with Crippen LogP contribution in [0.2, 0.25) is 0 Å². The lowest BCUT2D eigenvalue weighted by Gasteiger charge is -2.36.